The van der Waals surface area contributed by atoms with Gasteiger partial charge in [0.2, 0.25) is 5.91 Å². The number of hydrogen-bond acceptors (Lipinski definition) is 5. The number of halogens is 1. The molecule has 1 atom stereocenters. The number of nitrogens with zero attached hydrogens (tertiary/aromatic N) is 3. The quantitative estimate of drug-likeness (QED) is 0.591. The zero-order chi connectivity index (χ0) is 22.1. The van der Waals surface area contributed by atoms with Gasteiger partial charge in [0.05, 0.1) is 26.1 Å². The van der Waals surface area contributed by atoms with E-state index in [-0.39, 0.29) is 23.4 Å². The summed E-state index contributed by atoms with van der Waals surface area (Å²) >= 11 is 0. The first kappa shape index (κ1) is 20.6. The summed E-state index contributed by atoms with van der Waals surface area (Å²) in [5, 5.41) is 14.6. The maximum absolute atomic E-state index is 15.0. The van der Waals surface area contributed by atoms with Gasteiger partial charge in [0.25, 0.3) is 0 Å². The Morgan fingerprint density at radius 1 is 1.39 bits per heavy atom. The molecule has 162 valence electrons. The van der Waals surface area contributed by atoms with Gasteiger partial charge in [-0.05, 0) is 42.9 Å². The number of nitrogens with one attached hydrogen (secondary N) is 2. The molecule has 9 heteroatoms. The number of carbonyl (C=O) groups excluding carboxylic acids is 1. The lowest BCUT2D eigenvalue weighted by atomic mass is 9.81. The smallest absolute Gasteiger partial charge is 0.247 e. The second-order valence-electron chi connectivity index (χ2n) is 7.43. The molecule has 4 rings (SSSR count). The summed E-state index contributed by atoms with van der Waals surface area (Å²) in [5.74, 6) is -0.000227. The van der Waals surface area contributed by atoms with E-state index in [2.05, 4.69) is 27.2 Å². The SMILES string of the molecule is C=CC(=O)Nc1cnn(C)c1-c1n[nH]c2c1CCC(c1cc(OC)cc(OC)c1F)C2. The number of rotatable bonds is 6. The van der Waals surface area contributed by atoms with E-state index < -0.39 is 0 Å². The molecule has 0 fully saturated rings. The fourth-order valence-electron chi connectivity index (χ4n) is 4.12. The fourth-order valence-corrected chi connectivity index (χ4v) is 4.12. The average molecular weight is 425 g/mol. The molecule has 3 aromatic rings. The van der Waals surface area contributed by atoms with Crippen LogP contribution in [0.2, 0.25) is 0 Å². The molecular formula is C22H24FN5O3. The van der Waals surface area contributed by atoms with Crippen LogP contribution in [0, 0.1) is 5.82 Å². The maximum atomic E-state index is 15.0. The predicted molar refractivity (Wildman–Crippen MR) is 114 cm³/mol. The van der Waals surface area contributed by atoms with E-state index in [4.69, 9.17) is 9.47 Å². The number of aromatic amines is 1. The summed E-state index contributed by atoms with van der Waals surface area (Å²) < 4.78 is 27.1. The van der Waals surface area contributed by atoms with Gasteiger partial charge in [-0.3, -0.25) is 14.6 Å². The van der Waals surface area contributed by atoms with Gasteiger partial charge >= 0.3 is 0 Å². The van der Waals surface area contributed by atoms with E-state index in [9.17, 15) is 9.18 Å². The fraction of sp³-hybridized carbons (Fsp3) is 0.318. The van der Waals surface area contributed by atoms with Gasteiger partial charge in [-0.15, -0.1) is 0 Å². The van der Waals surface area contributed by atoms with E-state index in [1.54, 1.807) is 37.2 Å². The summed E-state index contributed by atoms with van der Waals surface area (Å²) in [7, 11) is 4.79. The largest absolute Gasteiger partial charge is 0.497 e. The maximum Gasteiger partial charge on any atom is 0.247 e. The van der Waals surface area contributed by atoms with Crippen LogP contribution < -0.4 is 14.8 Å². The number of aryl methyl sites for hydroxylation is 1. The average Bonchev–Trinajstić information content (AvgIpc) is 3.35. The molecule has 0 saturated heterocycles. The van der Waals surface area contributed by atoms with Gasteiger partial charge in [-0.25, -0.2) is 4.39 Å². The second kappa shape index (κ2) is 8.25. The van der Waals surface area contributed by atoms with Gasteiger partial charge in [0.1, 0.15) is 17.1 Å². The number of ether oxygens (including phenoxy) is 2. The van der Waals surface area contributed by atoms with Crippen LogP contribution in [0.1, 0.15) is 29.2 Å². The minimum atomic E-state index is -0.363. The lowest BCUT2D eigenvalue weighted by Crippen LogP contribution is -2.15. The highest BCUT2D eigenvalue weighted by atomic mass is 19.1. The number of hydrogen-bond donors (Lipinski definition) is 2. The van der Waals surface area contributed by atoms with Crippen LogP contribution in [0.3, 0.4) is 0 Å². The van der Waals surface area contributed by atoms with E-state index >= 15 is 0 Å². The molecule has 1 amide bonds. The topological polar surface area (TPSA) is 94.1 Å². The van der Waals surface area contributed by atoms with Crippen LogP contribution in [0.15, 0.2) is 31.0 Å². The van der Waals surface area contributed by atoms with Crippen molar-refractivity contribution in [2.75, 3.05) is 19.5 Å². The molecule has 31 heavy (non-hydrogen) atoms. The van der Waals surface area contributed by atoms with Crippen molar-refractivity contribution >= 4 is 11.6 Å². The lowest BCUT2D eigenvalue weighted by Gasteiger charge is -2.24. The van der Waals surface area contributed by atoms with Crippen LogP contribution in [-0.4, -0.2) is 40.1 Å². The first-order valence-corrected chi connectivity index (χ1v) is 9.90. The molecule has 8 nitrogen and oxygen atoms in total. The molecule has 0 saturated carbocycles. The van der Waals surface area contributed by atoms with Gasteiger partial charge in [-0.2, -0.15) is 10.2 Å². The van der Waals surface area contributed by atoms with E-state index in [1.807, 2.05) is 0 Å². The van der Waals surface area contributed by atoms with Gasteiger partial charge in [-0.1, -0.05) is 6.58 Å². The first-order chi connectivity index (χ1) is 15.0. The minimum absolute atomic E-state index is 0.0451. The number of aromatic nitrogens is 4. The summed E-state index contributed by atoms with van der Waals surface area (Å²) in [6.45, 7) is 3.49. The van der Waals surface area contributed by atoms with Crippen molar-refractivity contribution in [2.24, 2.45) is 7.05 Å². The van der Waals surface area contributed by atoms with Crippen molar-refractivity contribution in [2.45, 2.75) is 25.2 Å². The second-order valence-corrected chi connectivity index (χ2v) is 7.43. The van der Waals surface area contributed by atoms with E-state index in [0.29, 0.717) is 35.5 Å². The third kappa shape index (κ3) is 3.67. The van der Waals surface area contributed by atoms with Crippen molar-refractivity contribution in [3.63, 3.8) is 0 Å². The first-order valence-electron chi connectivity index (χ1n) is 9.90. The molecule has 2 aromatic heterocycles. The summed E-state index contributed by atoms with van der Waals surface area (Å²) in [6, 6.07) is 3.28. The van der Waals surface area contributed by atoms with Crippen LogP contribution >= 0.6 is 0 Å². The lowest BCUT2D eigenvalue weighted by molar-refractivity contribution is -0.111. The molecule has 0 radical (unpaired) electrons. The molecule has 1 aliphatic carbocycles. The Bertz CT molecular complexity index is 1150. The summed E-state index contributed by atoms with van der Waals surface area (Å²) in [4.78, 5) is 11.8. The van der Waals surface area contributed by atoms with Crippen molar-refractivity contribution in [1.29, 1.82) is 0 Å². The monoisotopic (exact) mass is 425 g/mol. The molecule has 2 N–H and O–H groups in total. The standard InChI is InChI=1S/C22H24FN5O3/c1-5-19(29)25-17-11-24-28(2)22(17)21-14-7-6-12(8-16(14)26-27-21)15-9-13(30-3)10-18(31-4)20(15)23/h5,9-12H,1,6-8H2,2-4H3,(H,25,29)(H,26,27). The summed E-state index contributed by atoms with van der Waals surface area (Å²) in [6.07, 6.45) is 4.82. The van der Waals surface area contributed by atoms with Crippen molar-refractivity contribution in [3.8, 4) is 22.9 Å². The molecule has 1 aliphatic rings. The molecule has 0 spiro atoms. The molecule has 1 unspecified atom stereocenters. The molecular weight excluding hydrogens is 401 g/mol. The molecule has 2 heterocycles. The highest BCUT2D eigenvalue weighted by molar-refractivity contribution is 6.01. The van der Waals surface area contributed by atoms with Gasteiger partial charge < -0.3 is 14.8 Å². The minimum Gasteiger partial charge on any atom is -0.497 e. The number of carbonyl (C=O) groups is 1. The zero-order valence-electron chi connectivity index (χ0n) is 17.7. The van der Waals surface area contributed by atoms with Gasteiger partial charge in [0, 0.05) is 24.4 Å². The molecule has 0 bridgehead atoms. The Morgan fingerprint density at radius 2 is 2.19 bits per heavy atom. The van der Waals surface area contributed by atoms with Crippen LogP contribution in [0.5, 0.6) is 11.5 Å². The van der Waals surface area contributed by atoms with E-state index in [0.717, 1.165) is 23.4 Å². The number of methoxy groups -OCH3 is 2. The summed E-state index contributed by atoms with van der Waals surface area (Å²) in [5.41, 5.74) is 4.56. The number of H-pyrrole nitrogens is 1. The number of amides is 1. The predicted octanol–water partition coefficient (Wildman–Crippen LogP) is 3.36. The Balaban J connectivity index is 1.67. The highest BCUT2D eigenvalue weighted by Gasteiger charge is 2.30. The van der Waals surface area contributed by atoms with Crippen molar-refractivity contribution in [1.82, 2.24) is 20.0 Å². The number of benzene rings is 1. The zero-order valence-corrected chi connectivity index (χ0v) is 17.7. The van der Waals surface area contributed by atoms with E-state index in [1.165, 1.54) is 13.2 Å². The third-order valence-corrected chi connectivity index (χ3v) is 5.69. The van der Waals surface area contributed by atoms with Crippen LogP contribution in [0.4, 0.5) is 10.1 Å². The highest BCUT2D eigenvalue weighted by Crippen LogP contribution is 2.41. The normalized spacial score (nSPS) is 15.3. The number of fused-ring (bicyclic) bond motifs is 1. The Kier molecular flexibility index (Phi) is 5.50. The Labute approximate surface area is 179 Å². The third-order valence-electron chi connectivity index (χ3n) is 5.69. The van der Waals surface area contributed by atoms with Crippen molar-refractivity contribution < 1.29 is 18.7 Å². The number of anilines is 1. The van der Waals surface area contributed by atoms with Crippen LogP contribution in [-0.2, 0) is 24.7 Å². The van der Waals surface area contributed by atoms with Crippen LogP contribution in [0.25, 0.3) is 11.4 Å². The van der Waals surface area contributed by atoms with Gasteiger partial charge in [0.15, 0.2) is 11.6 Å². The molecule has 1 aromatic carbocycles. The Hall–Kier alpha value is -3.62. The molecule has 0 aliphatic heterocycles. The Morgan fingerprint density at radius 3 is 2.90 bits per heavy atom. The van der Waals surface area contributed by atoms with Crippen molar-refractivity contribution in [3.05, 3.63) is 53.6 Å².